The normalized spacial score (nSPS) is 12.0. The minimum Gasteiger partial charge on any atom is -0.404 e. The Balaban J connectivity index is 3.55. The Bertz CT molecular complexity index is 635. The standard InChI is InChI=1S/C10H7ClF3NO3S/c1-2-6-3-8(18-10(12,13)14)9(19(11,16)17)4-7(6)5-15/h3-4H,2H2,1H3. The maximum atomic E-state index is 12.2. The van der Waals surface area contributed by atoms with Gasteiger partial charge in [0.1, 0.15) is 10.6 Å². The molecule has 0 aliphatic rings. The van der Waals surface area contributed by atoms with E-state index >= 15 is 0 Å². The molecule has 0 heterocycles. The fourth-order valence-corrected chi connectivity index (χ4v) is 2.35. The first-order valence-corrected chi connectivity index (χ1v) is 7.17. The molecule has 1 aromatic rings. The van der Waals surface area contributed by atoms with Crippen LogP contribution in [0.15, 0.2) is 17.0 Å². The predicted molar refractivity (Wildman–Crippen MR) is 60.3 cm³/mol. The minimum atomic E-state index is -5.06. The van der Waals surface area contributed by atoms with Crippen molar-refractivity contribution in [2.24, 2.45) is 0 Å². The van der Waals surface area contributed by atoms with Crippen LogP contribution >= 0.6 is 10.7 Å². The first-order chi connectivity index (χ1) is 8.58. The highest BCUT2D eigenvalue weighted by Crippen LogP contribution is 2.34. The van der Waals surface area contributed by atoms with Crippen molar-refractivity contribution >= 4 is 19.7 Å². The molecule has 0 spiro atoms. The molecule has 0 saturated heterocycles. The van der Waals surface area contributed by atoms with Crippen molar-refractivity contribution in [1.29, 1.82) is 5.26 Å². The Labute approximate surface area is 111 Å². The van der Waals surface area contributed by atoms with Crippen molar-refractivity contribution in [2.45, 2.75) is 24.6 Å². The quantitative estimate of drug-likeness (QED) is 0.805. The lowest BCUT2D eigenvalue weighted by molar-refractivity contribution is -0.275. The lowest BCUT2D eigenvalue weighted by Gasteiger charge is -2.13. The average Bonchev–Trinajstić information content (AvgIpc) is 2.24. The average molecular weight is 314 g/mol. The van der Waals surface area contributed by atoms with E-state index in [1.165, 1.54) is 0 Å². The summed E-state index contributed by atoms with van der Waals surface area (Å²) in [6.45, 7) is 1.60. The van der Waals surface area contributed by atoms with Gasteiger partial charge in [0.15, 0.2) is 0 Å². The van der Waals surface area contributed by atoms with Crippen LogP contribution in [-0.2, 0) is 15.5 Å². The zero-order valence-corrected chi connectivity index (χ0v) is 11.0. The van der Waals surface area contributed by atoms with Crippen LogP contribution < -0.4 is 4.74 Å². The van der Waals surface area contributed by atoms with E-state index in [4.69, 9.17) is 15.9 Å². The molecule has 0 N–H and O–H groups in total. The van der Waals surface area contributed by atoms with Gasteiger partial charge in [-0.2, -0.15) is 5.26 Å². The summed E-state index contributed by atoms with van der Waals surface area (Å²) >= 11 is 0. The van der Waals surface area contributed by atoms with Gasteiger partial charge in [-0.15, -0.1) is 13.2 Å². The maximum absolute atomic E-state index is 12.2. The molecule has 1 rings (SSSR count). The molecule has 0 saturated carbocycles. The monoisotopic (exact) mass is 313 g/mol. The number of hydrogen-bond acceptors (Lipinski definition) is 4. The summed E-state index contributed by atoms with van der Waals surface area (Å²) in [5, 5.41) is 8.81. The third kappa shape index (κ3) is 4.01. The number of nitriles is 1. The van der Waals surface area contributed by atoms with Crippen LogP contribution in [0.4, 0.5) is 13.2 Å². The summed E-state index contributed by atoms with van der Waals surface area (Å²) in [7, 11) is 0.565. The van der Waals surface area contributed by atoms with Crippen LogP contribution in [-0.4, -0.2) is 14.8 Å². The van der Waals surface area contributed by atoms with Crippen LogP contribution in [0, 0.1) is 11.3 Å². The van der Waals surface area contributed by atoms with Crippen LogP contribution in [0.5, 0.6) is 5.75 Å². The first kappa shape index (κ1) is 15.6. The molecular formula is C10H7ClF3NO3S. The smallest absolute Gasteiger partial charge is 0.404 e. The van der Waals surface area contributed by atoms with E-state index in [9.17, 15) is 21.6 Å². The van der Waals surface area contributed by atoms with Crippen LogP contribution in [0.1, 0.15) is 18.1 Å². The number of ether oxygens (including phenoxy) is 1. The first-order valence-electron chi connectivity index (χ1n) is 4.86. The molecule has 0 aliphatic heterocycles. The third-order valence-corrected chi connectivity index (χ3v) is 3.50. The van der Waals surface area contributed by atoms with E-state index in [2.05, 4.69) is 4.74 Å². The third-order valence-electron chi connectivity index (χ3n) is 2.16. The highest BCUT2D eigenvalue weighted by Gasteiger charge is 2.34. The van der Waals surface area contributed by atoms with Crippen molar-refractivity contribution in [1.82, 2.24) is 0 Å². The van der Waals surface area contributed by atoms with Gasteiger partial charge >= 0.3 is 6.36 Å². The highest BCUT2D eigenvalue weighted by molar-refractivity contribution is 8.13. The van der Waals surface area contributed by atoms with Crippen molar-refractivity contribution in [3.8, 4) is 11.8 Å². The molecule has 0 bridgehead atoms. The molecule has 0 fully saturated rings. The minimum absolute atomic E-state index is 0.0729. The summed E-state index contributed by atoms with van der Waals surface area (Å²) < 4.78 is 62.7. The van der Waals surface area contributed by atoms with Crippen LogP contribution in [0.2, 0.25) is 0 Å². The molecular weight excluding hydrogens is 307 g/mol. The molecule has 104 valence electrons. The molecule has 9 heteroatoms. The summed E-state index contributed by atoms with van der Waals surface area (Å²) in [6, 6.07) is 3.30. The Kier molecular flexibility index (Phi) is 4.32. The van der Waals surface area contributed by atoms with Crippen LogP contribution in [0.3, 0.4) is 0 Å². The van der Waals surface area contributed by atoms with Gasteiger partial charge in [-0.3, -0.25) is 0 Å². The Morgan fingerprint density at radius 2 is 2.00 bits per heavy atom. The molecule has 1 aromatic carbocycles. The summed E-state index contributed by atoms with van der Waals surface area (Å²) in [5.74, 6) is -0.946. The molecule has 0 radical (unpaired) electrons. The number of benzene rings is 1. The van der Waals surface area contributed by atoms with Crippen LogP contribution in [0.25, 0.3) is 0 Å². The fourth-order valence-electron chi connectivity index (χ4n) is 1.39. The van der Waals surface area contributed by atoms with Gasteiger partial charge in [-0.1, -0.05) is 6.92 Å². The molecule has 19 heavy (non-hydrogen) atoms. The second kappa shape index (κ2) is 5.27. The number of hydrogen-bond donors (Lipinski definition) is 0. The molecule has 4 nitrogen and oxygen atoms in total. The number of rotatable bonds is 3. The SMILES string of the molecule is CCc1cc(OC(F)(F)F)c(S(=O)(=O)Cl)cc1C#N. The molecule has 0 atom stereocenters. The molecule has 0 aromatic heterocycles. The predicted octanol–water partition coefficient (Wildman–Crippen LogP) is 2.95. The van der Waals surface area contributed by atoms with Gasteiger partial charge in [0.2, 0.25) is 0 Å². The number of aryl methyl sites for hydroxylation is 1. The topological polar surface area (TPSA) is 67.2 Å². The lowest BCUT2D eigenvalue weighted by Crippen LogP contribution is -2.19. The van der Waals surface area contributed by atoms with Gasteiger partial charge in [0.25, 0.3) is 9.05 Å². The van der Waals surface area contributed by atoms with E-state index in [-0.39, 0.29) is 17.5 Å². The number of nitrogens with zero attached hydrogens (tertiary/aromatic N) is 1. The Morgan fingerprint density at radius 3 is 2.37 bits per heavy atom. The van der Waals surface area contributed by atoms with E-state index in [0.717, 1.165) is 12.1 Å². The van der Waals surface area contributed by atoms with Gasteiger partial charge in [-0.25, -0.2) is 8.42 Å². The van der Waals surface area contributed by atoms with Gasteiger partial charge in [0, 0.05) is 10.7 Å². The van der Waals surface area contributed by atoms with Crippen molar-refractivity contribution in [2.75, 3.05) is 0 Å². The second-order valence-corrected chi connectivity index (χ2v) is 5.94. The van der Waals surface area contributed by atoms with E-state index in [1.807, 2.05) is 0 Å². The molecule has 0 amide bonds. The molecule has 0 unspecified atom stereocenters. The van der Waals surface area contributed by atoms with E-state index < -0.39 is 26.1 Å². The summed E-state index contributed by atoms with van der Waals surface area (Å²) in [5.41, 5.74) is 0.155. The van der Waals surface area contributed by atoms with E-state index in [0.29, 0.717) is 0 Å². The zero-order chi connectivity index (χ0) is 14.8. The van der Waals surface area contributed by atoms with Crippen molar-refractivity contribution in [3.63, 3.8) is 0 Å². The van der Waals surface area contributed by atoms with Gasteiger partial charge in [-0.05, 0) is 24.1 Å². The highest BCUT2D eigenvalue weighted by atomic mass is 35.7. The maximum Gasteiger partial charge on any atom is 0.573 e. The lowest BCUT2D eigenvalue weighted by atomic mass is 10.1. The number of alkyl halides is 3. The number of halogens is 4. The fraction of sp³-hybridized carbons (Fsp3) is 0.300. The Hall–Kier alpha value is -1.46. The summed E-state index contributed by atoms with van der Waals surface area (Å²) in [4.78, 5) is -0.889. The largest absolute Gasteiger partial charge is 0.573 e. The molecule has 0 aliphatic carbocycles. The Morgan fingerprint density at radius 1 is 1.42 bits per heavy atom. The van der Waals surface area contributed by atoms with Gasteiger partial charge in [0.05, 0.1) is 11.6 Å². The van der Waals surface area contributed by atoms with Gasteiger partial charge < -0.3 is 4.74 Å². The van der Waals surface area contributed by atoms with E-state index in [1.54, 1.807) is 13.0 Å². The zero-order valence-electron chi connectivity index (χ0n) is 9.45. The van der Waals surface area contributed by atoms with Crippen molar-refractivity contribution in [3.05, 3.63) is 23.3 Å². The summed E-state index contributed by atoms with van der Waals surface area (Å²) in [6.07, 6.45) is -4.82. The second-order valence-electron chi connectivity index (χ2n) is 3.41. The van der Waals surface area contributed by atoms with Crippen molar-refractivity contribution < 1.29 is 26.3 Å².